The van der Waals surface area contributed by atoms with Gasteiger partial charge in [0.2, 0.25) is 5.91 Å². The third-order valence-electron chi connectivity index (χ3n) is 4.41. The van der Waals surface area contributed by atoms with Crippen molar-refractivity contribution in [3.05, 3.63) is 33.3 Å². The average Bonchev–Trinajstić information content (AvgIpc) is 3.03. The van der Waals surface area contributed by atoms with Gasteiger partial charge in [-0.3, -0.25) is 14.2 Å². The first-order valence-corrected chi connectivity index (χ1v) is 9.79. The number of methoxy groups -OCH3 is 1. The molecule has 3 rings (SSSR count). The molecule has 2 aromatic heterocycles. The average molecular weight is 407 g/mol. The normalized spacial score (nSPS) is 11.2. The summed E-state index contributed by atoms with van der Waals surface area (Å²) < 4.78 is 7.17. The summed E-state index contributed by atoms with van der Waals surface area (Å²) in [4.78, 5) is 30.8. The number of hydrogen-bond acceptors (Lipinski definition) is 5. The van der Waals surface area contributed by atoms with Crippen molar-refractivity contribution in [3.8, 4) is 5.75 Å². The molecule has 0 aliphatic carbocycles. The highest BCUT2D eigenvalue weighted by molar-refractivity contribution is 7.80. The number of carbonyl (C=O) groups is 1. The molecular weight excluding hydrogens is 384 g/mol. The standard InChI is InChI=1S/C18H22N4O3S2/c1-25-11-5-6-13-12(10-11)15-16(20-13)17(24)22(18(27)21-15)8-3-2-4-14(23)19-7-9-26/h5-6,10,20,26H,2-4,7-9H2,1H3,(H,19,23)(H,21,27). The predicted octanol–water partition coefficient (Wildman–Crippen LogP) is 2.77. The van der Waals surface area contributed by atoms with Crippen LogP contribution in [0.1, 0.15) is 19.3 Å². The number of ether oxygens (including phenoxy) is 1. The zero-order valence-corrected chi connectivity index (χ0v) is 16.7. The third-order valence-corrected chi connectivity index (χ3v) is 4.96. The number of hydrogen-bond donors (Lipinski definition) is 4. The molecule has 144 valence electrons. The molecule has 0 radical (unpaired) electrons. The van der Waals surface area contributed by atoms with Crippen LogP contribution in [-0.2, 0) is 11.3 Å². The van der Waals surface area contributed by atoms with Crippen molar-refractivity contribution in [2.45, 2.75) is 25.8 Å². The monoisotopic (exact) mass is 406 g/mol. The SMILES string of the molecule is COc1ccc2[nH]c3c(=O)n(CCCCC(=O)NCCS)c(=S)[nH]c3c2c1. The Bertz CT molecular complexity index is 1080. The zero-order chi connectivity index (χ0) is 19.4. The number of aromatic nitrogens is 3. The largest absolute Gasteiger partial charge is 0.497 e. The Morgan fingerprint density at radius 2 is 2.11 bits per heavy atom. The van der Waals surface area contributed by atoms with Crippen molar-refractivity contribution in [1.82, 2.24) is 19.9 Å². The number of thiol groups is 1. The molecule has 9 heteroatoms. The molecule has 0 unspecified atom stereocenters. The molecule has 0 fully saturated rings. The number of rotatable bonds is 8. The molecule has 0 saturated heterocycles. The van der Waals surface area contributed by atoms with Gasteiger partial charge >= 0.3 is 0 Å². The highest BCUT2D eigenvalue weighted by Crippen LogP contribution is 2.25. The lowest BCUT2D eigenvalue weighted by atomic mass is 10.2. The minimum absolute atomic E-state index is 0.00146. The summed E-state index contributed by atoms with van der Waals surface area (Å²) in [5, 5.41) is 3.64. The number of nitrogens with one attached hydrogen (secondary N) is 3. The second kappa shape index (κ2) is 8.62. The Morgan fingerprint density at radius 1 is 1.30 bits per heavy atom. The summed E-state index contributed by atoms with van der Waals surface area (Å²) in [6.07, 6.45) is 1.79. The fourth-order valence-corrected chi connectivity index (χ4v) is 3.42. The fourth-order valence-electron chi connectivity index (χ4n) is 3.03. The molecule has 3 N–H and O–H groups in total. The van der Waals surface area contributed by atoms with Gasteiger partial charge in [0.15, 0.2) is 4.77 Å². The Kier molecular flexibility index (Phi) is 6.22. The Morgan fingerprint density at radius 3 is 2.85 bits per heavy atom. The number of carbonyl (C=O) groups excluding carboxylic acids is 1. The summed E-state index contributed by atoms with van der Waals surface area (Å²) >= 11 is 9.45. The zero-order valence-electron chi connectivity index (χ0n) is 15.0. The van der Waals surface area contributed by atoms with E-state index in [2.05, 4.69) is 27.9 Å². The van der Waals surface area contributed by atoms with Gasteiger partial charge in [0.1, 0.15) is 11.3 Å². The van der Waals surface area contributed by atoms with Crippen LogP contribution in [0.25, 0.3) is 21.9 Å². The van der Waals surface area contributed by atoms with Gasteiger partial charge < -0.3 is 20.0 Å². The van der Waals surface area contributed by atoms with Crippen LogP contribution in [0.4, 0.5) is 0 Å². The van der Waals surface area contributed by atoms with Crippen molar-refractivity contribution in [1.29, 1.82) is 0 Å². The van der Waals surface area contributed by atoms with E-state index in [1.165, 1.54) is 4.57 Å². The highest BCUT2D eigenvalue weighted by atomic mass is 32.1. The van der Waals surface area contributed by atoms with Crippen LogP contribution in [0.5, 0.6) is 5.75 Å². The lowest BCUT2D eigenvalue weighted by molar-refractivity contribution is -0.121. The van der Waals surface area contributed by atoms with Gasteiger partial charge in [-0.25, -0.2) is 0 Å². The molecule has 0 aliphatic heterocycles. The summed E-state index contributed by atoms with van der Waals surface area (Å²) in [5.41, 5.74) is 1.84. The van der Waals surface area contributed by atoms with E-state index in [-0.39, 0.29) is 11.5 Å². The van der Waals surface area contributed by atoms with Gasteiger partial charge in [0, 0.05) is 36.2 Å². The van der Waals surface area contributed by atoms with E-state index >= 15 is 0 Å². The maximum atomic E-state index is 12.9. The van der Waals surface area contributed by atoms with E-state index in [1.807, 2.05) is 18.2 Å². The number of unbranched alkanes of at least 4 members (excludes halogenated alkanes) is 1. The maximum absolute atomic E-state index is 12.9. The molecule has 0 bridgehead atoms. The highest BCUT2D eigenvalue weighted by Gasteiger charge is 2.12. The molecule has 7 nitrogen and oxygen atoms in total. The number of amides is 1. The number of aromatic amines is 2. The van der Waals surface area contributed by atoms with E-state index < -0.39 is 0 Å². The summed E-state index contributed by atoms with van der Waals surface area (Å²) in [6, 6.07) is 5.58. The van der Waals surface area contributed by atoms with Crippen molar-refractivity contribution in [2.75, 3.05) is 19.4 Å². The van der Waals surface area contributed by atoms with E-state index in [0.29, 0.717) is 59.7 Å². The summed E-state index contributed by atoms with van der Waals surface area (Å²) in [5.74, 6) is 1.33. The molecule has 0 spiro atoms. The van der Waals surface area contributed by atoms with Gasteiger partial charge in [0.25, 0.3) is 5.56 Å². The Balaban J connectivity index is 1.81. The van der Waals surface area contributed by atoms with Crippen LogP contribution in [0.15, 0.2) is 23.0 Å². The first-order chi connectivity index (χ1) is 13.0. The second-order valence-electron chi connectivity index (χ2n) is 6.20. The fraction of sp³-hybridized carbons (Fsp3) is 0.389. The van der Waals surface area contributed by atoms with Gasteiger partial charge in [-0.1, -0.05) is 0 Å². The van der Waals surface area contributed by atoms with Crippen LogP contribution in [0.2, 0.25) is 0 Å². The lowest BCUT2D eigenvalue weighted by Crippen LogP contribution is -2.25. The van der Waals surface area contributed by atoms with Gasteiger partial charge in [-0.05, 0) is 43.3 Å². The van der Waals surface area contributed by atoms with Crippen LogP contribution >= 0.6 is 24.8 Å². The smallest absolute Gasteiger partial charge is 0.278 e. The molecular formula is C18H22N4O3S2. The number of H-pyrrole nitrogens is 2. The molecule has 2 heterocycles. The molecule has 0 aliphatic rings. The van der Waals surface area contributed by atoms with Gasteiger partial charge in [-0.15, -0.1) is 0 Å². The second-order valence-corrected chi connectivity index (χ2v) is 7.04. The van der Waals surface area contributed by atoms with Crippen LogP contribution in [0, 0.1) is 4.77 Å². The van der Waals surface area contributed by atoms with Crippen molar-refractivity contribution in [2.24, 2.45) is 0 Å². The van der Waals surface area contributed by atoms with E-state index in [1.54, 1.807) is 7.11 Å². The number of benzene rings is 1. The Labute approximate surface area is 166 Å². The number of nitrogens with zero attached hydrogens (tertiary/aromatic N) is 1. The minimum atomic E-state index is -0.163. The third kappa shape index (κ3) is 4.19. The van der Waals surface area contributed by atoms with E-state index in [4.69, 9.17) is 17.0 Å². The van der Waals surface area contributed by atoms with Crippen LogP contribution < -0.4 is 15.6 Å². The quantitative estimate of drug-likeness (QED) is 0.263. The van der Waals surface area contributed by atoms with Crippen molar-refractivity contribution < 1.29 is 9.53 Å². The topological polar surface area (TPSA) is 91.9 Å². The minimum Gasteiger partial charge on any atom is -0.497 e. The molecule has 0 atom stereocenters. The van der Waals surface area contributed by atoms with E-state index in [9.17, 15) is 9.59 Å². The van der Waals surface area contributed by atoms with E-state index in [0.717, 1.165) is 10.9 Å². The molecule has 0 saturated carbocycles. The first kappa shape index (κ1) is 19.5. The van der Waals surface area contributed by atoms with Gasteiger partial charge in [0.05, 0.1) is 12.6 Å². The Hall–Kier alpha value is -2.26. The van der Waals surface area contributed by atoms with Crippen molar-refractivity contribution >= 4 is 52.7 Å². The number of fused-ring (bicyclic) bond motifs is 3. The molecule has 27 heavy (non-hydrogen) atoms. The van der Waals surface area contributed by atoms with Crippen molar-refractivity contribution in [3.63, 3.8) is 0 Å². The lowest BCUT2D eigenvalue weighted by Gasteiger charge is -2.07. The first-order valence-electron chi connectivity index (χ1n) is 8.75. The van der Waals surface area contributed by atoms with Crippen LogP contribution in [0.3, 0.4) is 0 Å². The molecule has 1 aromatic carbocycles. The predicted molar refractivity (Wildman–Crippen MR) is 113 cm³/mol. The molecule has 1 amide bonds. The summed E-state index contributed by atoms with van der Waals surface area (Å²) in [6.45, 7) is 1.02. The maximum Gasteiger partial charge on any atom is 0.278 e. The molecule has 3 aromatic rings. The van der Waals surface area contributed by atoms with Crippen LogP contribution in [-0.4, -0.2) is 39.8 Å². The van der Waals surface area contributed by atoms with Gasteiger partial charge in [-0.2, -0.15) is 12.6 Å². The summed E-state index contributed by atoms with van der Waals surface area (Å²) in [7, 11) is 1.60.